The second-order valence-electron chi connectivity index (χ2n) is 9.69. The lowest BCUT2D eigenvalue weighted by Gasteiger charge is -2.32. The van der Waals surface area contributed by atoms with Crippen LogP contribution in [-0.4, -0.2) is 54.5 Å². The van der Waals surface area contributed by atoms with Gasteiger partial charge in [-0.05, 0) is 75.7 Å². The molecule has 1 N–H and O–H groups in total. The molecule has 9 heteroatoms. The number of benzene rings is 1. The standard InChI is InChI=1S/C26H27FN4O4/c1-25(2,3)35-24(34)31-15-17(13-26(31,4)23(32)33)20-14-28-22(16-6-8-18(27)9-7-16)12-19(20)21-10-11-30(5)29-21/h6-14H,15H2,1-5H3,(H,32,33). The number of amides is 1. The molecule has 4 rings (SSSR count). The number of carboxylic acids is 1. The van der Waals surface area contributed by atoms with Crippen LogP contribution in [0.1, 0.15) is 33.3 Å². The highest BCUT2D eigenvalue weighted by atomic mass is 19.1. The van der Waals surface area contributed by atoms with E-state index in [1.54, 1.807) is 63.1 Å². The Morgan fingerprint density at radius 1 is 1.11 bits per heavy atom. The Labute approximate surface area is 202 Å². The molecule has 2 aromatic heterocycles. The second kappa shape index (κ2) is 8.65. The van der Waals surface area contributed by atoms with Crippen molar-refractivity contribution in [3.05, 3.63) is 66.2 Å². The predicted octanol–water partition coefficient (Wildman–Crippen LogP) is 4.77. The van der Waals surface area contributed by atoms with E-state index in [0.717, 1.165) is 5.56 Å². The molecule has 182 valence electrons. The van der Waals surface area contributed by atoms with Crippen LogP contribution in [-0.2, 0) is 16.6 Å². The number of ether oxygens (including phenoxy) is 1. The molecular weight excluding hydrogens is 451 g/mol. The van der Waals surface area contributed by atoms with Crippen LogP contribution >= 0.6 is 0 Å². The first-order chi connectivity index (χ1) is 16.4. The highest BCUT2D eigenvalue weighted by Gasteiger charge is 2.47. The van der Waals surface area contributed by atoms with Gasteiger partial charge in [0.25, 0.3) is 0 Å². The van der Waals surface area contributed by atoms with Crippen molar-refractivity contribution in [2.24, 2.45) is 7.05 Å². The molecular formula is C26H27FN4O4. The van der Waals surface area contributed by atoms with Gasteiger partial charge in [-0.25, -0.2) is 14.0 Å². The molecule has 0 aliphatic carbocycles. The van der Waals surface area contributed by atoms with Gasteiger partial charge in [-0.1, -0.05) is 0 Å². The highest BCUT2D eigenvalue weighted by Crippen LogP contribution is 2.38. The minimum absolute atomic E-state index is 0.0229. The number of nitrogens with zero attached hydrogens (tertiary/aromatic N) is 4. The van der Waals surface area contributed by atoms with Crippen molar-refractivity contribution in [1.82, 2.24) is 19.7 Å². The fourth-order valence-electron chi connectivity index (χ4n) is 3.97. The normalized spacial score (nSPS) is 17.9. The van der Waals surface area contributed by atoms with Crippen molar-refractivity contribution in [2.75, 3.05) is 6.54 Å². The number of aryl methyl sites for hydroxylation is 1. The minimum Gasteiger partial charge on any atom is -0.479 e. The quantitative estimate of drug-likeness (QED) is 0.580. The Bertz CT molecular complexity index is 1320. The number of halogens is 1. The van der Waals surface area contributed by atoms with Crippen molar-refractivity contribution in [1.29, 1.82) is 0 Å². The molecule has 1 unspecified atom stereocenters. The Morgan fingerprint density at radius 2 is 1.80 bits per heavy atom. The van der Waals surface area contributed by atoms with Gasteiger partial charge in [0.1, 0.15) is 11.4 Å². The number of carbonyl (C=O) groups excluding carboxylic acids is 1. The van der Waals surface area contributed by atoms with E-state index >= 15 is 0 Å². The molecule has 3 heterocycles. The largest absolute Gasteiger partial charge is 0.479 e. The zero-order valence-electron chi connectivity index (χ0n) is 20.2. The van der Waals surface area contributed by atoms with Crippen molar-refractivity contribution >= 4 is 17.6 Å². The molecule has 0 bridgehead atoms. The van der Waals surface area contributed by atoms with Crippen LogP contribution in [0, 0.1) is 5.82 Å². The third-order valence-electron chi connectivity index (χ3n) is 5.77. The van der Waals surface area contributed by atoms with E-state index in [4.69, 9.17) is 4.74 Å². The maximum atomic E-state index is 13.4. The van der Waals surface area contributed by atoms with E-state index in [1.165, 1.54) is 24.0 Å². The maximum absolute atomic E-state index is 13.4. The fraction of sp³-hybridized carbons (Fsp3) is 0.308. The van der Waals surface area contributed by atoms with Gasteiger partial charge in [-0.2, -0.15) is 5.10 Å². The fourth-order valence-corrected chi connectivity index (χ4v) is 3.97. The molecule has 1 amide bonds. The molecule has 1 aliphatic rings. The molecule has 0 saturated heterocycles. The molecule has 1 aromatic carbocycles. The maximum Gasteiger partial charge on any atom is 0.411 e. The molecule has 1 atom stereocenters. The van der Waals surface area contributed by atoms with E-state index in [1.807, 2.05) is 12.1 Å². The number of hydrogen-bond donors (Lipinski definition) is 1. The van der Waals surface area contributed by atoms with Gasteiger partial charge in [-0.3, -0.25) is 14.6 Å². The van der Waals surface area contributed by atoms with Crippen molar-refractivity contribution in [3.63, 3.8) is 0 Å². The van der Waals surface area contributed by atoms with Crippen LogP contribution in [0.5, 0.6) is 0 Å². The number of hydrogen-bond acceptors (Lipinski definition) is 5. The lowest BCUT2D eigenvalue weighted by atomic mass is 9.95. The van der Waals surface area contributed by atoms with Crippen LogP contribution < -0.4 is 0 Å². The molecule has 8 nitrogen and oxygen atoms in total. The van der Waals surface area contributed by atoms with Crippen LogP contribution in [0.25, 0.3) is 28.1 Å². The third-order valence-corrected chi connectivity index (χ3v) is 5.77. The average Bonchev–Trinajstić information content (AvgIpc) is 3.37. The van der Waals surface area contributed by atoms with Crippen LogP contribution in [0.2, 0.25) is 0 Å². The Balaban J connectivity index is 1.81. The minimum atomic E-state index is -1.60. The summed E-state index contributed by atoms with van der Waals surface area (Å²) >= 11 is 0. The van der Waals surface area contributed by atoms with Gasteiger partial charge in [0.2, 0.25) is 0 Å². The van der Waals surface area contributed by atoms with Gasteiger partial charge < -0.3 is 9.84 Å². The van der Waals surface area contributed by atoms with Crippen molar-refractivity contribution in [3.8, 4) is 22.5 Å². The molecule has 3 aromatic rings. The molecule has 0 radical (unpaired) electrons. The summed E-state index contributed by atoms with van der Waals surface area (Å²) in [6.45, 7) is 6.67. The Kier molecular flexibility index (Phi) is 5.96. The summed E-state index contributed by atoms with van der Waals surface area (Å²) in [7, 11) is 1.80. The lowest BCUT2D eigenvalue weighted by Crippen LogP contribution is -2.52. The number of rotatable bonds is 4. The van der Waals surface area contributed by atoms with Gasteiger partial charge in [0, 0.05) is 36.1 Å². The molecule has 0 spiro atoms. The summed E-state index contributed by atoms with van der Waals surface area (Å²) in [4.78, 5) is 30.9. The summed E-state index contributed by atoms with van der Waals surface area (Å²) in [6, 6.07) is 9.68. The number of aliphatic carboxylic acids is 1. The monoisotopic (exact) mass is 478 g/mol. The third kappa shape index (κ3) is 4.80. The van der Waals surface area contributed by atoms with Gasteiger partial charge >= 0.3 is 12.1 Å². The number of carbonyl (C=O) groups is 2. The Morgan fingerprint density at radius 3 is 2.37 bits per heavy atom. The van der Waals surface area contributed by atoms with E-state index in [2.05, 4.69) is 10.1 Å². The van der Waals surface area contributed by atoms with Crippen LogP contribution in [0.4, 0.5) is 9.18 Å². The predicted molar refractivity (Wildman–Crippen MR) is 129 cm³/mol. The molecule has 35 heavy (non-hydrogen) atoms. The van der Waals surface area contributed by atoms with E-state index < -0.39 is 23.2 Å². The lowest BCUT2D eigenvalue weighted by molar-refractivity contribution is -0.146. The summed E-state index contributed by atoms with van der Waals surface area (Å²) in [6.07, 6.45) is 4.27. The number of carboxylic acid groups (broad SMARTS) is 1. The molecule has 1 aliphatic heterocycles. The average molecular weight is 479 g/mol. The first-order valence-corrected chi connectivity index (χ1v) is 11.1. The summed E-state index contributed by atoms with van der Waals surface area (Å²) in [5, 5.41) is 14.5. The number of pyridine rings is 1. The number of aromatic nitrogens is 3. The molecule has 0 saturated carbocycles. The van der Waals surface area contributed by atoms with Crippen molar-refractivity contribution < 1.29 is 23.8 Å². The Hall–Kier alpha value is -4.01. The van der Waals surface area contributed by atoms with E-state index in [-0.39, 0.29) is 12.4 Å². The summed E-state index contributed by atoms with van der Waals surface area (Å²) < 4.78 is 20.6. The van der Waals surface area contributed by atoms with Crippen molar-refractivity contribution in [2.45, 2.75) is 38.8 Å². The van der Waals surface area contributed by atoms with Gasteiger partial charge in [0.15, 0.2) is 5.54 Å². The van der Waals surface area contributed by atoms with Crippen LogP contribution in [0.15, 0.2) is 54.9 Å². The molecule has 0 fully saturated rings. The topological polar surface area (TPSA) is 97.6 Å². The second-order valence-corrected chi connectivity index (χ2v) is 9.69. The summed E-state index contributed by atoms with van der Waals surface area (Å²) in [5.74, 6) is -1.52. The SMILES string of the molecule is Cn1ccc(-c2cc(-c3ccc(F)cc3)ncc2C2=CC(C)(C(=O)O)N(C(=O)OC(C)(C)C)C2)n1. The van der Waals surface area contributed by atoms with Gasteiger partial charge in [-0.15, -0.1) is 0 Å². The first-order valence-electron chi connectivity index (χ1n) is 11.1. The van der Waals surface area contributed by atoms with E-state index in [0.29, 0.717) is 28.1 Å². The first kappa shape index (κ1) is 24.1. The smallest absolute Gasteiger partial charge is 0.411 e. The zero-order valence-corrected chi connectivity index (χ0v) is 20.2. The van der Waals surface area contributed by atoms with Crippen LogP contribution in [0.3, 0.4) is 0 Å². The van der Waals surface area contributed by atoms with Gasteiger partial charge in [0.05, 0.1) is 17.9 Å². The van der Waals surface area contributed by atoms with E-state index in [9.17, 15) is 19.1 Å². The zero-order chi connectivity index (χ0) is 25.5. The highest BCUT2D eigenvalue weighted by molar-refractivity contribution is 5.95. The summed E-state index contributed by atoms with van der Waals surface area (Å²) in [5.41, 5.74) is 1.57.